The number of pyridine rings is 1. The first-order chi connectivity index (χ1) is 12.3. The summed E-state index contributed by atoms with van der Waals surface area (Å²) in [5.41, 5.74) is 1.55. The molecular formula is C19H19FN4O. The number of hydrogen-bond donors (Lipinski definition) is 1. The number of fused-ring (bicyclic) bond motifs is 1. The average molecular weight is 338 g/mol. The second-order valence-corrected chi connectivity index (χ2v) is 6.24. The van der Waals surface area contributed by atoms with E-state index in [1.54, 1.807) is 18.3 Å². The summed E-state index contributed by atoms with van der Waals surface area (Å²) in [7, 11) is 0. The fourth-order valence-corrected chi connectivity index (χ4v) is 3.15. The molecule has 3 aromatic rings. The summed E-state index contributed by atoms with van der Waals surface area (Å²) in [6, 6.07) is 8.66. The van der Waals surface area contributed by atoms with Crippen molar-refractivity contribution in [2.24, 2.45) is 0 Å². The zero-order valence-electron chi connectivity index (χ0n) is 13.8. The van der Waals surface area contributed by atoms with Crippen molar-refractivity contribution >= 4 is 16.7 Å². The fourth-order valence-electron chi connectivity index (χ4n) is 3.15. The van der Waals surface area contributed by atoms with Crippen LogP contribution in [0.3, 0.4) is 0 Å². The third-order valence-electron chi connectivity index (χ3n) is 4.46. The van der Waals surface area contributed by atoms with E-state index in [9.17, 15) is 4.39 Å². The van der Waals surface area contributed by atoms with Crippen LogP contribution in [0, 0.1) is 5.82 Å². The van der Waals surface area contributed by atoms with Gasteiger partial charge in [-0.05, 0) is 43.4 Å². The number of ether oxygens (including phenoxy) is 1. The Morgan fingerprint density at radius 3 is 2.76 bits per heavy atom. The van der Waals surface area contributed by atoms with Crippen LogP contribution >= 0.6 is 0 Å². The van der Waals surface area contributed by atoms with Crippen molar-refractivity contribution in [1.29, 1.82) is 0 Å². The molecule has 2 heterocycles. The lowest BCUT2D eigenvalue weighted by molar-refractivity contribution is 0.201. The Balaban J connectivity index is 1.45. The molecule has 2 aromatic heterocycles. The monoisotopic (exact) mass is 338 g/mol. The molecular weight excluding hydrogens is 319 g/mol. The van der Waals surface area contributed by atoms with Gasteiger partial charge in [0.15, 0.2) is 0 Å². The van der Waals surface area contributed by atoms with E-state index in [0.29, 0.717) is 35.2 Å². The third-order valence-corrected chi connectivity index (χ3v) is 4.46. The molecule has 5 nitrogen and oxygen atoms in total. The van der Waals surface area contributed by atoms with E-state index in [1.165, 1.54) is 25.2 Å². The van der Waals surface area contributed by atoms with Gasteiger partial charge in [-0.25, -0.2) is 19.3 Å². The van der Waals surface area contributed by atoms with Crippen molar-refractivity contribution in [3.8, 4) is 5.88 Å². The second kappa shape index (κ2) is 7.01. The zero-order chi connectivity index (χ0) is 17.1. The van der Waals surface area contributed by atoms with E-state index in [2.05, 4.69) is 20.3 Å². The molecule has 1 saturated carbocycles. The maximum Gasteiger partial charge on any atom is 0.213 e. The van der Waals surface area contributed by atoms with E-state index in [1.807, 2.05) is 12.1 Å². The minimum atomic E-state index is -0.334. The number of aromatic nitrogens is 3. The van der Waals surface area contributed by atoms with E-state index < -0.39 is 0 Å². The average Bonchev–Trinajstić information content (AvgIpc) is 3.14. The standard InChI is InChI=1S/C19H19FN4O/c20-15-6-3-7-16-18(15)19(24-12-23-16)22-11-13-8-9-17(21-10-13)25-14-4-1-2-5-14/h3,6-10,12,14H,1-2,4-5,11H2,(H,22,23,24). The molecule has 1 N–H and O–H groups in total. The number of rotatable bonds is 5. The van der Waals surface area contributed by atoms with E-state index >= 15 is 0 Å². The molecule has 1 aliphatic carbocycles. The van der Waals surface area contributed by atoms with Gasteiger partial charge in [0, 0.05) is 18.8 Å². The number of nitrogens with zero attached hydrogens (tertiary/aromatic N) is 3. The molecule has 1 fully saturated rings. The van der Waals surface area contributed by atoms with Crippen molar-refractivity contribution in [1.82, 2.24) is 15.0 Å². The van der Waals surface area contributed by atoms with Gasteiger partial charge in [0.05, 0.1) is 10.9 Å². The maximum atomic E-state index is 14.1. The van der Waals surface area contributed by atoms with Gasteiger partial charge >= 0.3 is 0 Å². The molecule has 0 spiro atoms. The van der Waals surface area contributed by atoms with Gasteiger partial charge in [-0.3, -0.25) is 0 Å². The highest BCUT2D eigenvalue weighted by Crippen LogP contribution is 2.24. The minimum absolute atomic E-state index is 0.298. The molecule has 128 valence electrons. The van der Waals surface area contributed by atoms with Crippen LogP contribution in [-0.4, -0.2) is 21.1 Å². The first kappa shape index (κ1) is 15.7. The van der Waals surface area contributed by atoms with Crippen LogP contribution in [0.2, 0.25) is 0 Å². The fraction of sp³-hybridized carbons (Fsp3) is 0.316. The Hall–Kier alpha value is -2.76. The Bertz CT molecular complexity index is 858. The predicted octanol–water partition coefficient (Wildman–Crippen LogP) is 4.10. The lowest BCUT2D eigenvalue weighted by atomic mass is 10.2. The Morgan fingerprint density at radius 1 is 1.08 bits per heavy atom. The Labute approximate surface area is 145 Å². The molecule has 0 aliphatic heterocycles. The topological polar surface area (TPSA) is 59.9 Å². The molecule has 1 aromatic carbocycles. The van der Waals surface area contributed by atoms with Gasteiger partial charge in [0.2, 0.25) is 5.88 Å². The molecule has 0 bridgehead atoms. The van der Waals surface area contributed by atoms with Gasteiger partial charge in [-0.1, -0.05) is 12.1 Å². The predicted molar refractivity (Wildman–Crippen MR) is 93.9 cm³/mol. The van der Waals surface area contributed by atoms with Gasteiger partial charge in [0.25, 0.3) is 0 Å². The van der Waals surface area contributed by atoms with Gasteiger partial charge < -0.3 is 10.1 Å². The number of benzene rings is 1. The highest BCUT2D eigenvalue weighted by molar-refractivity contribution is 5.89. The summed E-state index contributed by atoms with van der Waals surface area (Å²) >= 11 is 0. The molecule has 4 rings (SSSR count). The molecule has 0 unspecified atom stereocenters. The highest BCUT2D eigenvalue weighted by Gasteiger charge is 2.16. The normalized spacial score (nSPS) is 14.8. The molecule has 0 saturated heterocycles. The van der Waals surface area contributed by atoms with Crippen molar-refractivity contribution in [3.63, 3.8) is 0 Å². The lowest BCUT2D eigenvalue weighted by Crippen LogP contribution is -2.12. The summed E-state index contributed by atoms with van der Waals surface area (Å²) in [5.74, 6) is 0.808. The van der Waals surface area contributed by atoms with Crippen LogP contribution in [0.5, 0.6) is 5.88 Å². The number of nitrogens with one attached hydrogen (secondary N) is 1. The first-order valence-electron chi connectivity index (χ1n) is 8.54. The molecule has 1 aliphatic rings. The van der Waals surface area contributed by atoms with Crippen LogP contribution in [0.15, 0.2) is 42.9 Å². The maximum absolute atomic E-state index is 14.1. The minimum Gasteiger partial charge on any atom is -0.474 e. The second-order valence-electron chi connectivity index (χ2n) is 6.24. The van der Waals surface area contributed by atoms with Crippen LogP contribution in [0.4, 0.5) is 10.2 Å². The molecule has 6 heteroatoms. The van der Waals surface area contributed by atoms with Crippen LogP contribution in [-0.2, 0) is 6.54 Å². The Kier molecular flexibility index (Phi) is 4.41. The quantitative estimate of drug-likeness (QED) is 0.759. The Morgan fingerprint density at radius 2 is 1.96 bits per heavy atom. The SMILES string of the molecule is Fc1cccc2ncnc(NCc3ccc(OC4CCCC4)nc3)c12. The summed E-state index contributed by atoms with van der Waals surface area (Å²) in [4.78, 5) is 12.6. The van der Waals surface area contributed by atoms with Gasteiger partial charge in [-0.15, -0.1) is 0 Å². The lowest BCUT2D eigenvalue weighted by Gasteiger charge is -2.12. The number of hydrogen-bond acceptors (Lipinski definition) is 5. The van der Waals surface area contributed by atoms with Gasteiger partial charge in [0.1, 0.15) is 24.1 Å². The van der Waals surface area contributed by atoms with Crippen molar-refractivity contribution in [2.45, 2.75) is 38.3 Å². The smallest absolute Gasteiger partial charge is 0.213 e. The largest absolute Gasteiger partial charge is 0.474 e. The molecule has 25 heavy (non-hydrogen) atoms. The third kappa shape index (κ3) is 3.52. The summed E-state index contributed by atoms with van der Waals surface area (Å²) in [5, 5.41) is 3.57. The van der Waals surface area contributed by atoms with Crippen molar-refractivity contribution in [3.05, 3.63) is 54.2 Å². The zero-order valence-corrected chi connectivity index (χ0v) is 13.8. The van der Waals surface area contributed by atoms with Crippen LogP contribution in [0.25, 0.3) is 10.9 Å². The highest BCUT2D eigenvalue weighted by atomic mass is 19.1. The first-order valence-corrected chi connectivity index (χ1v) is 8.54. The summed E-state index contributed by atoms with van der Waals surface area (Å²) in [6.07, 6.45) is 8.19. The van der Waals surface area contributed by atoms with E-state index in [4.69, 9.17) is 4.74 Å². The van der Waals surface area contributed by atoms with Crippen LogP contribution < -0.4 is 10.1 Å². The van der Waals surface area contributed by atoms with E-state index in [0.717, 1.165) is 18.4 Å². The van der Waals surface area contributed by atoms with Crippen LogP contribution in [0.1, 0.15) is 31.2 Å². The molecule has 0 atom stereocenters. The number of halogens is 1. The number of anilines is 1. The van der Waals surface area contributed by atoms with Crippen molar-refractivity contribution in [2.75, 3.05) is 5.32 Å². The van der Waals surface area contributed by atoms with Crippen molar-refractivity contribution < 1.29 is 9.13 Å². The summed E-state index contributed by atoms with van der Waals surface area (Å²) < 4.78 is 19.9. The molecule has 0 radical (unpaired) electrons. The van der Waals surface area contributed by atoms with Gasteiger partial charge in [-0.2, -0.15) is 0 Å². The summed E-state index contributed by atoms with van der Waals surface area (Å²) in [6.45, 7) is 0.497. The molecule has 0 amide bonds. The van der Waals surface area contributed by atoms with E-state index in [-0.39, 0.29) is 5.82 Å².